The molecular weight excluding hydrogens is 312 g/mol. The highest BCUT2D eigenvalue weighted by Crippen LogP contribution is 2.35. The Bertz CT molecular complexity index is 627. The van der Waals surface area contributed by atoms with Gasteiger partial charge in [-0.1, -0.05) is 6.92 Å². The Labute approximate surface area is 140 Å². The molecule has 24 heavy (non-hydrogen) atoms. The first-order valence-corrected chi connectivity index (χ1v) is 8.03. The van der Waals surface area contributed by atoms with E-state index in [9.17, 15) is 14.4 Å². The van der Waals surface area contributed by atoms with E-state index in [2.05, 4.69) is 10.4 Å². The maximum absolute atomic E-state index is 12.6. The van der Waals surface area contributed by atoms with Crippen LogP contribution >= 0.6 is 0 Å². The van der Waals surface area contributed by atoms with Gasteiger partial charge >= 0.3 is 5.97 Å². The maximum Gasteiger partial charge on any atom is 0.303 e. The SMILES string of the molecule is CC(CNC(=O)C1CCC(=O)N(C)C1c1cnn(C)c1)CC(=O)O. The monoisotopic (exact) mass is 336 g/mol. The first kappa shape index (κ1) is 18.0. The molecule has 1 aromatic heterocycles. The van der Waals surface area contributed by atoms with E-state index in [0.29, 0.717) is 19.4 Å². The van der Waals surface area contributed by atoms with Gasteiger partial charge in [-0.25, -0.2) is 0 Å². The third-order valence-electron chi connectivity index (χ3n) is 4.41. The van der Waals surface area contributed by atoms with E-state index in [-0.39, 0.29) is 36.1 Å². The number of hydrogen-bond donors (Lipinski definition) is 2. The molecule has 2 amide bonds. The number of carbonyl (C=O) groups excluding carboxylic acids is 2. The van der Waals surface area contributed by atoms with Crippen LogP contribution in [0.1, 0.15) is 37.8 Å². The Balaban J connectivity index is 2.09. The van der Waals surface area contributed by atoms with Crippen LogP contribution in [0.3, 0.4) is 0 Å². The number of carboxylic acid groups (broad SMARTS) is 1. The average Bonchev–Trinajstić information content (AvgIpc) is 2.92. The van der Waals surface area contributed by atoms with Gasteiger partial charge in [-0.2, -0.15) is 5.10 Å². The quantitative estimate of drug-likeness (QED) is 0.790. The maximum atomic E-state index is 12.6. The summed E-state index contributed by atoms with van der Waals surface area (Å²) >= 11 is 0. The Morgan fingerprint density at radius 1 is 1.46 bits per heavy atom. The predicted molar refractivity (Wildman–Crippen MR) is 85.9 cm³/mol. The fourth-order valence-corrected chi connectivity index (χ4v) is 3.14. The van der Waals surface area contributed by atoms with Crippen LogP contribution in [-0.2, 0) is 21.4 Å². The van der Waals surface area contributed by atoms with E-state index in [1.54, 1.807) is 36.8 Å². The Hall–Kier alpha value is -2.38. The molecule has 1 aromatic rings. The molecule has 3 unspecified atom stereocenters. The minimum Gasteiger partial charge on any atom is -0.481 e. The number of carbonyl (C=O) groups is 3. The zero-order valence-electron chi connectivity index (χ0n) is 14.2. The van der Waals surface area contributed by atoms with Crippen molar-refractivity contribution in [2.45, 2.75) is 32.2 Å². The lowest BCUT2D eigenvalue weighted by Crippen LogP contribution is -2.47. The molecule has 1 aliphatic heterocycles. The summed E-state index contributed by atoms with van der Waals surface area (Å²) in [5.74, 6) is -1.54. The first-order chi connectivity index (χ1) is 11.3. The number of aromatic nitrogens is 2. The van der Waals surface area contributed by atoms with E-state index in [0.717, 1.165) is 5.56 Å². The third-order valence-corrected chi connectivity index (χ3v) is 4.41. The number of piperidine rings is 1. The van der Waals surface area contributed by atoms with Crippen LogP contribution in [0.4, 0.5) is 0 Å². The van der Waals surface area contributed by atoms with Gasteiger partial charge < -0.3 is 15.3 Å². The molecule has 3 atom stereocenters. The number of aliphatic carboxylic acids is 1. The van der Waals surface area contributed by atoms with Crippen molar-refractivity contribution in [1.82, 2.24) is 20.0 Å². The van der Waals surface area contributed by atoms with Crippen LogP contribution in [0.2, 0.25) is 0 Å². The van der Waals surface area contributed by atoms with Gasteiger partial charge in [-0.3, -0.25) is 19.1 Å². The fraction of sp³-hybridized carbons (Fsp3) is 0.625. The van der Waals surface area contributed by atoms with Crippen LogP contribution < -0.4 is 5.32 Å². The number of nitrogens with one attached hydrogen (secondary N) is 1. The predicted octanol–water partition coefficient (Wildman–Crippen LogP) is 0.557. The molecule has 2 N–H and O–H groups in total. The summed E-state index contributed by atoms with van der Waals surface area (Å²) in [6.45, 7) is 2.09. The van der Waals surface area contributed by atoms with Crippen molar-refractivity contribution < 1.29 is 19.5 Å². The van der Waals surface area contributed by atoms with E-state index in [1.807, 2.05) is 6.20 Å². The minimum atomic E-state index is -0.881. The number of likely N-dealkylation sites (tertiary alicyclic amines) is 1. The molecule has 2 rings (SSSR count). The van der Waals surface area contributed by atoms with E-state index in [4.69, 9.17) is 5.11 Å². The van der Waals surface area contributed by atoms with Gasteiger partial charge in [-0.05, 0) is 12.3 Å². The summed E-state index contributed by atoms with van der Waals surface area (Å²) in [5.41, 5.74) is 0.826. The van der Waals surface area contributed by atoms with Gasteiger partial charge in [0.05, 0.1) is 18.2 Å². The van der Waals surface area contributed by atoms with Crippen molar-refractivity contribution in [3.05, 3.63) is 18.0 Å². The van der Waals surface area contributed by atoms with E-state index < -0.39 is 5.97 Å². The molecule has 0 aromatic carbocycles. The smallest absolute Gasteiger partial charge is 0.303 e. The Morgan fingerprint density at radius 2 is 2.17 bits per heavy atom. The van der Waals surface area contributed by atoms with Crippen molar-refractivity contribution in [2.24, 2.45) is 18.9 Å². The lowest BCUT2D eigenvalue weighted by atomic mass is 9.85. The fourth-order valence-electron chi connectivity index (χ4n) is 3.14. The summed E-state index contributed by atoms with van der Waals surface area (Å²) in [7, 11) is 3.49. The molecule has 132 valence electrons. The number of aryl methyl sites for hydroxylation is 1. The Morgan fingerprint density at radius 3 is 2.75 bits per heavy atom. The second-order valence-electron chi connectivity index (χ2n) is 6.49. The van der Waals surface area contributed by atoms with Crippen molar-refractivity contribution in [2.75, 3.05) is 13.6 Å². The van der Waals surface area contributed by atoms with Gasteiger partial charge in [0, 0.05) is 45.2 Å². The van der Waals surface area contributed by atoms with Crippen molar-refractivity contribution in [1.29, 1.82) is 0 Å². The van der Waals surface area contributed by atoms with Crippen molar-refractivity contribution in [3.63, 3.8) is 0 Å². The van der Waals surface area contributed by atoms with E-state index in [1.165, 1.54) is 0 Å². The number of carboxylic acids is 1. The molecule has 0 bridgehead atoms. The molecule has 2 heterocycles. The van der Waals surface area contributed by atoms with Gasteiger partial charge in [0.1, 0.15) is 0 Å². The molecule has 0 saturated carbocycles. The minimum absolute atomic E-state index is 0.00662. The number of nitrogens with zero attached hydrogens (tertiary/aromatic N) is 3. The summed E-state index contributed by atoms with van der Waals surface area (Å²) in [6.07, 6.45) is 4.30. The van der Waals surface area contributed by atoms with Gasteiger partial charge in [0.15, 0.2) is 0 Å². The summed E-state index contributed by atoms with van der Waals surface area (Å²) in [5, 5.41) is 15.8. The molecular formula is C16H24N4O4. The first-order valence-electron chi connectivity index (χ1n) is 8.03. The molecule has 8 heteroatoms. The third kappa shape index (κ3) is 4.12. The van der Waals surface area contributed by atoms with Crippen LogP contribution in [0, 0.1) is 11.8 Å². The zero-order valence-corrected chi connectivity index (χ0v) is 14.2. The lowest BCUT2D eigenvalue weighted by Gasteiger charge is -2.37. The molecule has 0 aliphatic carbocycles. The summed E-state index contributed by atoms with van der Waals surface area (Å²) < 4.78 is 1.64. The molecule has 1 aliphatic rings. The average molecular weight is 336 g/mol. The Kier molecular flexibility index (Phi) is 5.58. The molecule has 0 radical (unpaired) electrons. The zero-order chi connectivity index (χ0) is 17.9. The summed E-state index contributed by atoms with van der Waals surface area (Å²) in [6, 6.07) is -0.352. The number of amides is 2. The molecule has 0 spiro atoms. The van der Waals surface area contributed by atoms with E-state index >= 15 is 0 Å². The standard InChI is InChI=1S/C16H24N4O4/c1-10(6-14(22)23)7-17-16(24)12-4-5-13(21)20(3)15(12)11-8-18-19(2)9-11/h8-10,12,15H,4-7H2,1-3H3,(H,17,24)(H,22,23). The molecule has 8 nitrogen and oxygen atoms in total. The normalized spacial score (nSPS) is 22.3. The number of hydrogen-bond acceptors (Lipinski definition) is 4. The van der Waals surface area contributed by atoms with Crippen LogP contribution in [-0.4, -0.2) is 51.2 Å². The summed E-state index contributed by atoms with van der Waals surface area (Å²) in [4.78, 5) is 37.0. The van der Waals surface area contributed by atoms with Crippen LogP contribution in [0.25, 0.3) is 0 Å². The lowest BCUT2D eigenvalue weighted by molar-refractivity contribution is -0.142. The van der Waals surface area contributed by atoms with Crippen LogP contribution in [0.5, 0.6) is 0 Å². The van der Waals surface area contributed by atoms with Gasteiger partial charge in [0.2, 0.25) is 11.8 Å². The second kappa shape index (κ2) is 7.46. The van der Waals surface area contributed by atoms with Crippen molar-refractivity contribution >= 4 is 17.8 Å². The second-order valence-corrected chi connectivity index (χ2v) is 6.49. The highest BCUT2D eigenvalue weighted by Gasteiger charge is 2.39. The van der Waals surface area contributed by atoms with Gasteiger partial charge in [0.25, 0.3) is 0 Å². The molecule has 1 saturated heterocycles. The highest BCUT2D eigenvalue weighted by molar-refractivity contribution is 5.84. The van der Waals surface area contributed by atoms with Crippen LogP contribution in [0.15, 0.2) is 12.4 Å². The van der Waals surface area contributed by atoms with Gasteiger partial charge in [-0.15, -0.1) is 0 Å². The molecule has 1 fully saturated rings. The highest BCUT2D eigenvalue weighted by atomic mass is 16.4. The largest absolute Gasteiger partial charge is 0.481 e. The van der Waals surface area contributed by atoms with Crippen molar-refractivity contribution in [3.8, 4) is 0 Å². The number of rotatable bonds is 6. The topological polar surface area (TPSA) is 105 Å².